The topological polar surface area (TPSA) is 132 Å². The number of rotatable bonds is 16. The van der Waals surface area contributed by atoms with Gasteiger partial charge in [0.05, 0.1) is 12.2 Å². The van der Waals surface area contributed by atoms with Gasteiger partial charge in [0.2, 0.25) is 17.7 Å². The summed E-state index contributed by atoms with van der Waals surface area (Å²) in [7, 11) is 3.88. The molecular weight excluding hydrogens is 634 g/mol. The number of anilines is 1. The molecule has 2 aromatic rings. The Morgan fingerprint density at radius 1 is 1.08 bits per heavy atom. The van der Waals surface area contributed by atoms with Crippen LogP contribution in [0.2, 0.25) is 0 Å². The molecule has 272 valence electrons. The van der Waals surface area contributed by atoms with Gasteiger partial charge >= 0.3 is 5.97 Å². The lowest BCUT2D eigenvalue weighted by Crippen LogP contribution is -2.55. The maximum atomic E-state index is 13.3. The van der Waals surface area contributed by atoms with E-state index >= 15 is 0 Å². The zero-order valence-electron chi connectivity index (χ0n) is 30.5. The SMILES string of the molecule is CCOc1cc(C(=O)O)c(C2CC2)cc1CN1CCC2(CC1)CC(=O)N(c1ccc(CCCC(=O)NC(C)(C)C(=O)NCCN(C)C)cc1)C2. The minimum absolute atomic E-state index is 0.0499. The first kappa shape index (κ1) is 37.3. The van der Waals surface area contributed by atoms with Gasteiger partial charge in [-0.1, -0.05) is 12.1 Å². The van der Waals surface area contributed by atoms with Gasteiger partial charge in [0, 0.05) is 50.3 Å². The Morgan fingerprint density at radius 3 is 2.40 bits per heavy atom. The Hall–Kier alpha value is -3.96. The molecule has 1 aliphatic carbocycles. The first-order valence-corrected chi connectivity index (χ1v) is 18.2. The molecule has 3 N–H and O–H groups in total. The van der Waals surface area contributed by atoms with Crippen molar-refractivity contribution < 1.29 is 29.0 Å². The van der Waals surface area contributed by atoms with Crippen LogP contribution in [-0.2, 0) is 27.3 Å². The normalized spacial score (nSPS) is 17.7. The van der Waals surface area contributed by atoms with E-state index < -0.39 is 11.5 Å². The largest absolute Gasteiger partial charge is 0.494 e. The Kier molecular flexibility index (Phi) is 11.9. The van der Waals surface area contributed by atoms with E-state index in [0.717, 1.165) is 74.1 Å². The van der Waals surface area contributed by atoms with Crippen LogP contribution in [-0.4, -0.2) is 97.6 Å². The molecule has 0 bridgehead atoms. The number of aryl methyl sites for hydroxylation is 1. The lowest BCUT2D eigenvalue weighted by molar-refractivity contribution is -0.132. The smallest absolute Gasteiger partial charge is 0.336 e. The molecule has 5 rings (SSSR count). The number of hydrogen-bond donors (Lipinski definition) is 3. The highest BCUT2D eigenvalue weighted by molar-refractivity contribution is 5.96. The Morgan fingerprint density at radius 2 is 1.78 bits per heavy atom. The number of nitrogens with zero attached hydrogens (tertiary/aromatic N) is 3. The number of carboxylic acids is 1. The minimum Gasteiger partial charge on any atom is -0.494 e. The van der Waals surface area contributed by atoms with Gasteiger partial charge in [0.1, 0.15) is 11.3 Å². The van der Waals surface area contributed by atoms with Crippen LogP contribution in [0.15, 0.2) is 36.4 Å². The van der Waals surface area contributed by atoms with Crippen LogP contribution >= 0.6 is 0 Å². The minimum atomic E-state index is -0.982. The molecule has 0 atom stereocenters. The van der Waals surface area contributed by atoms with E-state index in [4.69, 9.17) is 4.74 Å². The van der Waals surface area contributed by atoms with Gasteiger partial charge < -0.3 is 30.3 Å². The first-order valence-electron chi connectivity index (χ1n) is 18.2. The van der Waals surface area contributed by atoms with Crippen molar-refractivity contribution in [2.75, 3.05) is 58.3 Å². The van der Waals surface area contributed by atoms with Crippen LogP contribution in [0.1, 0.15) is 98.7 Å². The predicted molar refractivity (Wildman–Crippen MR) is 194 cm³/mol. The fourth-order valence-corrected chi connectivity index (χ4v) is 7.24. The second kappa shape index (κ2) is 15.9. The Balaban J connectivity index is 1.10. The van der Waals surface area contributed by atoms with Crippen molar-refractivity contribution >= 4 is 29.4 Å². The zero-order chi connectivity index (χ0) is 36.1. The average Bonchev–Trinajstić information content (AvgIpc) is 3.86. The molecule has 2 aromatic carbocycles. The van der Waals surface area contributed by atoms with Gasteiger partial charge in [-0.25, -0.2) is 4.79 Å². The van der Waals surface area contributed by atoms with Crippen molar-refractivity contribution in [1.82, 2.24) is 20.4 Å². The number of aromatic carboxylic acids is 1. The maximum Gasteiger partial charge on any atom is 0.336 e. The molecule has 2 aliphatic heterocycles. The van der Waals surface area contributed by atoms with Crippen LogP contribution in [0.25, 0.3) is 0 Å². The van der Waals surface area contributed by atoms with E-state index in [-0.39, 0.29) is 23.1 Å². The van der Waals surface area contributed by atoms with E-state index in [1.807, 2.05) is 55.1 Å². The molecule has 1 saturated carbocycles. The number of carbonyl (C=O) groups excluding carboxylic acids is 3. The molecule has 0 unspecified atom stereocenters. The first-order chi connectivity index (χ1) is 23.8. The van der Waals surface area contributed by atoms with E-state index in [9.17, 15) is 24.3 Å². The van der Waals surface area contributed by atoms with Crippen molar-refractivity contribution in [1.29, 1.82) is 0 Å². The molecule has 3 amide bonds. The summed E-state index contributed by atoms with van der Waals surface area (Å²) in [4.78, 5) is 56.7. The molecular formula is C39H55N5O6. The number of piperidine rings is 1. The third-order valence-electron chi connectivity index (χ3n) is 10.4. The summed E-state index contributed by atoms with van der Waals surface area (Å²) in [6.07, 6.45) is 6.17. The second-order valence-electron chi connectivity index (χ2n) is 15.2. The van der Waals surface area contributed by atoms with E-state index in [1.165, 1.54) is 0 Å². The maximum absolute atomic E-state index is 13.3. The van der Waals surface area contributed by atoms with Gasteiger partial charge in [-0.15, -0.1) is 0 Å². The number of carboxylic acid groups (broad SMARTS) is 1. The molecule has 0 aromatic heterocycles. The third kappa shape index (κ3) is 9.42. The van der Waals surface area contributed by atoms with Gasteiger partial charge in [-0.3, -0.25) is 19.3 Å². The number of amides is 3. The Bertz CT molecular complexity index is 1540. The molecule has 2 saturated heterocycles. The van der Waals surface area contributed by atoms with E-state index in [0.29, 0.717) is 62.7 Å². The molecule has 1 spiro atoms. The number of benzene rings is 2. The standard InChI is InChI=1S/C39H55N5O6/c1-6-50-33-23-32(36(47)48)31(28-12-13-28)22-29(33)25-43-19-16-39(17-20-43)24-35(46)44(26-39)30-14-10-27(11-15-30)8-7-9-34(45)41-38(2,3)37(49)40-18-21-42(4)5/h10-11,14-15,22-23,28H,6-9,12-13,16-21,24-26H2,1-5H3,(H,40,49)(H,41,45)(H,47,48). The summed E-state index contributed by atoms with van der Waals surface area (Å²) in [5.41, 5.74) is 3.30. The van der Waals surface area contributed by atoms with Gasteiger partial charge in [0.15, 0.2) is 0 Å². The van der Waals surface area contributed by atoms with E-state index in [2.05, 4.69) is 21.6 Å². The fourth-order valence-electron chi connectivity index (χ4n) is 7.24. The molecule has 2 heterocycles. The number of nitrogens with one attached hydrogen (secondary N) is 2. The van der Waals surface area contributed by atoms with Crippen LogP contribution < -0.4 is 20.3 Å². The third-order valence-corrected chi connectivity index (χ3v) is 10.4. The number of hydrogen-bond acceptors (Lipinski definition) is 7. The predicted octanol–water partition coefficient (Wildman–Crippen LogP) is 4.58. The fraction of sp³-hybridized carbons (Fsp3) is 0.590. The van der Waals surface area contributed by atoms with Crippen LogP contribution in [0.4, 0.5) is 5.69 Å². The zero-order valence-corrected chi connectivity index (χ0v) is 30.5. The van der Waals surface area contributed by atoms with Crippen molar-refractivity contribution in [3.8, 4) is 5.75 Å². The summed E-state index contributed by atoms with van der Waals surface area (Å²) in [6, 6.07) is 11.9. The summed E-state index contributed by atoms with van der Waals surface area (Å²) in [6.45, 7) is 10.2. The molecule has 11 nitrogen and oxygen atoms in total. The molecule has 3 aliphatic rings. The summed E-state index contributed by atoms with van der Waals surface area (Å²) in [5, 5.41) is 15.5. The van der Waals surface area contributed by atoms with Gasteiger partial charge in [-0.2, -0.15) is 0 Å². The van der Waals surface area contributed by atoms with Crippen LogP contribution in [0, 0.1) is 5.41 Å². The lowest BCUT2D eigenvalue weighted by Gasteiger charge is -2.39. The summed E-state index contributed by atoms with van der Waals surface area (Å²) >= 11 is 0. The second-order valence-corrected chi connectivity index (χ2v) is 15.2. The monoisotopic (exact) mass is 689 g/mol. The molecule has 0 radical (unpaired) electrons. The van der Waals surface area contributed by atoms with Crippen molar-refractivity contribution in [3.63, 3.8) is 0 Å². The summed E-state index contributed by atoms with van der Waals surface area (Å²) in [5.74, 6) is -0.107. The quantitative estimate of drug-likeness (QED) is 0.234. The number of likely N-dealkylation sites (tertiary alicyclic amines) is 1. The highest BCUT2D eigenvalue weighted by atomic mass is 16.5. The highest BCUT2D eigenvalue weighted by Crippen LogP contribution is 2.45. The van der Waals surface area contributed by atoms with Gasteiger partial charge in [0.25, 0.3) is 0 Å². The molecule has 50 heavy (non-hydrogen) atoms. The average molecular weight is 690 g/mol. The van der Waals surface area contributed by atoms with Crippen LogP contribution in [0.5, 0.6) is 5.75 Å². The lowest BCUT2D eigenvalue weighted by atomic mass is 9.77. The number of likely N-dealkylation sites (N-methyl/N-ethyl adjacent to an activating group) is 1. The number of carbonyl (C=O) groups is 4. The van der Waals surface area contributed by atoms with E-state index in [1.54, 1.807) is 19.9 Å². The van der Waals surface area contributed by atoms with Gasteiger partial charge in [-0.05, 0) is 133 Å². The molecule has 11 heteroatoms. The Labute approximate surface area is 296 Å². The van der Waals surface area contributed by atoms with Crippen molar-refractivity contribution in [3.05, 3.63) is 58.7 Å². The highest BCUT2D eigenvalue weighted by Gasteiger charge is 2.45. The number of ether oxygens (including phenoxy) is 1. The molecule has 3 fully saturated rings. The van der Waals surface area contributed by atoms with Crippen molar-refractivity contribution in [2.24, 2.45) is 5.41 Å². The van der Waals surface area contributed by atoms with Crippen molar-refractivity contribution in [2.45, 2.75) is 90.1 Å². The summed E-state index contributed by atoms with van der Waals surface area (Å²) < 4.78 is 5.90. The van der Waals surface area contributed by atoms with Crippen LogP contribution in [0.3, 0.4) is 0 Å².